The standard InChI is InChI=1S/C16H14N6O2S/c1-9-6-10(2)22-15(17-9)19-13(21-22)7-14(23)20-16-18-11(8-25-16)12-4-3-5-24-12/h3-6,8H,7H2,1-2H3,(H,18,20,23). The number of carbonyl (C=O) groups is 1. The van der Waals surface area contributed by atoms with E-state index in [0.717, 1.165) is 11.4 Å². The summed E-state index contributed by atoms with van der Waals surface area (Å²) < 4.78 is 6.92. The summed E-state index contributed by atoms with van der Waals surface area (Å²) in [6.07, 6.45) is 1.64. The van der Waals surface area contributed by atoms with Gasteiger partial charge in [0.2, 0.25) is 5.91 Å². The molecule has 0 saturated heterocycles. The fourth-order valence-electron chi connectivity index (χ4n) is 2.46. The molecule has 0 aromatic carbocycles. The van der Waals surface area contributed by atoms with E-state index in [1.807, 2.05) is 31.4 Å². The molecule has 1 amide bonds. The summed E-state index contributed by atoms with van der Waals surface area (Å²) in [7, 11) is 0. The second kappa shape index (κ2) is 6.10. The van der Waals surface area contributed by atoms with Crippen LogP contribution in [-0.4, -0.2) is 30.5 Å². The summed E-state index contributed by atoms with van der Waals surface area (Å²) in [5.41, 5.74) is 2.47. The summed E-state index contributed by atoms with van der Waals surface area (Å²) in [5.74, 6) is 1.34. The molecule has 0 aliphatic heterocycles. The van der Waals surface area contributed by atoms with Crippen LogP contribution in [0.3, 0.4) is 0 Å². The number of thiazole rings is 1. The maximum Gasteiger partial charge on any atom is 0.252 e. The molecule has 8 nitrogen and oxygen atoms in total. The van der Waals surface area contributed by atoms with E-state index in [1.54, 1.807) is 16.8 Å². The molecule has 4 heterocycles. The Bertz CT molecular complexity index is 1050. The molecule has 0 aliphatic rings. The minimum absolute atomic E-state index is 0.0531. The Labute approximate surface area is 146 Å². The molecule has 0 fully saturated rings. The number of aryl methyl sites for hydroxylation is 2. The van der Waals surface area contributed by atoms with Gasteiger partial charge in [-0.15, -0.1) is 16.4 Å². The average molecular weight is 354 g/mol. The molecule has 0 unspecified atom stereocenters. The second-order valence-corrected chi connectivity index (χ2v) is 6.38. The third-order valence-electron chi connectivity index (χ3n) is 3.50. The van der Waals surface area contributed by atoms with Gasteiger partial charge in [0.15, 0.2) is 16.7 Å². The van der Waals surface area contributed by atoms with E-state index in [4.69, 9.17) is 4.42 Å². The number of hydrogen-bond donors (Lipinski definition) is 1. The fourth-order valence-corrected chi connectivity index (χ4v) is 3.17. The van der Waals surface area contributed by atoms with Crippen molar-refractivity contribution in [1.82, 2.24) is 24.6 Å². The quantitative estimate of drug-likeness (QED) is 0.605. The molecule has 25 heavy (non-hydrogen) atoms. The van der Waals surface area contributed by atoms with Gasteiger partial charge >= 0.3 is 0 Å². The van der Waals surface area contributed by atoms with Gasteiger partial charge in [0.1, 0.15) is 5.69 Å². The number of fused-ring (bicyclic) bond motifs is 1. The van der Waals surface area contributed by atoms with Crippen molar-refractivity contribution in [2.24, 2.45) is 0 Å². The number of nitrogens with one attached hydrogen (secondary N) is 1. The van der Waals surface area contributed by atoms with Crippen molar-refractivity contribution in [3.63, 3.8) is 0 Å². The van der Waals surface area contributed by atoms with Gasteiger partial charge in [0.25, 0.3) is 5.78 Å². The van der Waals surface area contributed by atoms with E-state index in [2.05, 4.69) is 25.4 Å². The Balaban J connectivity index is 1.48. The molecule has 0 aliphatic carbocycles. The monoisotopic (exact) mass is 354 g/mol. The van der Waals surface area contributed by atoms with Crippen LogP contribution in [0, 0.1) is 13.8 Å². The van der Waals surface area contributed by atoms with Crippen molar-refractivity contribution in [1.29, 1.82) is 0 Å². The van der Waals surface area contributed by atoms with Crippen molar-refractivity contribution in [3.05, 3.63) is 47.1 Å². The normalized spacial score (nSPS) is 11.1. The molecular formula is C16H14N6O2S. The van der Waals surface area contributed by atoms with Gasteiger partial charge in [-0.2, -0.15) is 4.98 Å². The lowest BCUT2D eigenvalue weighted by atomic mass is 10.4. The van der Waals surface area contributed by atoms with Crippen molar-refractivity contribution >= 4 is 28.2 Å². The lowest BCUT2D eigenvalue weighted by Crippen LogP contribution is -2.15. The van der Waals surface area contributed by atoms with E-state index in [0.29, 0.717) is 28.2 Å². The summed E-state index contributed by atoms with van der Waals surface area (Å²) in [5, 5.41) is 9.42. The molecule has 4 aromatic rings. The Morgan fingerprint density at radius 1 is 1.32 bits per heavy atom. The van der Waals surface area contributed by atoms with Crippen LogP contribution >= 0.6 is 11.3 Å². The van der Waals surface area contributed by atoms with Gasteiger partial charge in [-0.3, -0.25) is 4.79 Å². The minimum atomic E-state index is -0.231. The summed E-state index contributed by atoms with van der Waals surface area (Å²) >= 11 is 1.33. The number of furan rings is 1. The Kier molecular flexibility index (Phi) is 3.77. The van der Waals surface area contributed by atoms with E-state index in [1.165, 1.54) is 11.3 Å². The van der Waals surface area contributed by atoms with Crippen LogP contribution in [0.4, 0.5) is 5.13 Å². The smallest absolute Gasteiger partial charge is 0.252 e. The van der Waals surface area contributed by atoms with Crippen LogP contribution < -0.4 is 5.32 Å². The van der Waals surface area contributed by atoms with Crippen molar-refractivity contribution in [3.8, 4) is 11.5 Å². The second-order valence-electron chi connectivity index (χ2n) is 5.52. The summed E-state index contributed by atoms with van der Waals surface area (Å²) in [6, 6.07) is 5.52. The van der Waals surface area contributed by atoms with Crippen molar-refractivity contribution < 1.29 is 9.21 Å². The molecule has 1 N–H and O–H groups in total. The molecule has 4 rings (SSSR count). The number of nitrogens with zero attached hydrogens (tertiary/aromatic N) is 5. The molecule has 0 saturated carbocycles. The highest BCUT2D eigenvalue weighted by atomic mass is 32.1. The van der Waals surface area contributed by atoms with E-state index >= 15 is 0 Å². The van der Waals surface area contributed by atoms with Crippen LogP contribution in [-0.2, 0) is 11.2 Å². The Morgan fingerprint density at radius 2 is 2.20 bits per heavy atom. The first-order chi connectivity index (χ1) is 12.1. The number of rotatable bonds is 4. The Hall–Kier alpha value is -3.07. The highest BCUT2D eigenvalue weighted by Gasteiger charge is 2.14. The first-order valence-corrected chi connectivity index (χ1v) is 8.45. The fraction of sp³-hybridized carbons (Fsp3) is 0.188. The zero-order chi connectivity index (χ0) is 17.4. The first kappa shape index (κ1) is 15.5. The van der Waals surface area contributed by atoms with Crippen molar-refractivity contribution in [2.45, 2.75) is 20.3 Å². The van der Waals surface area contributed by atoms with Gasteiger partial charge in [-0.05, 0) is 32.0 Å². The van der Waals surface area contributed by atoms with Crippen LogP contribution in [0.25, 0.3) is 17.2 Å². The van der Waals surface area contributed by atoms with E-state index < -0.39 is 0 Å². The topological polar surface area (TPSA) is 98.2 Å². The predicted molar refractivity (Wildman–Crippen MR) is 92.4 cm³/mol. The molecule has 4 aromatic heterocycles. The molecular weight excluding hydrogens is 340 g/mol. The number of aromatic nitrogens is 5. The van der Waals surface area contributed by atoms with Crippen LogP contribution in [0.1, 0.15) is 17.2 Å². The third-order valence-corrected chi connectivity index (χ3v) is 4.26. The molecule has 126 valence electrons. The van der Waals surface area contributed by atoms with Crippen LogP contribution in [0.5, 0.6) is 0 Å². The lowest BCUT2D eigenvalue weighted by molar-refractivity contribution is -0.115. The van der Waals surface area contributed by atoms with E-state index in [-0.39, 0.29) is 12.3 Å². The number of anilines is 1. The molecule has 0 radical (unpaired) electrons. The highest BCUT2D eigenvalue weighted by molar-refractivity contribution is 7.14. The Morgan fingerprint density at radius 3 is 3.00 bits per heavy atom. The zero-order valence-corrected chi connectivity index (χ0v) is 14.4. The molecule has 0 atom stereocenters. The van der Waals surface area contributed by atoms with Gasteiger partial charge in [0, 0.05) is 16.8 Å². The summed E-state index contributed by atoms with van der Waals surface area (Å²) in [6.45, 7) is 3.82. The van der Waals surface area contributed by atoms with Crippen LogP contribution in [0.2, 0.25) is 0 Å². The predicted octanol–water partition coefficient (Wildman–Crippen LogP) is 2.64. The maximum absolute atomic E-state index is 12.2. The molecule has 0 spiro atoms. The maximum atomic E-state index is 12.2. The minimum Gasteiger partial charge on any atom is -0.463 e. The van der Waals surface area contributed by atoms with Gasteiger partial charge in [0.05, 0.1) is 12.7 Å². The molecule has 0 bridgehead atoms. The van der Waals surface area contributed by atoms with Crippen molar-refractivity contribution in [2.75, 3.05) is 5.32 Å². The first-order valence-electron chi connectivity index (χ1n) is 7.57. The molecule has 9 heteroatoms. The lowest BCUT2D eigenvalue weighted by Gasteiger charge is -1.98. The SMILES string of the molecule is Cc1cc(C)n2nc(CC(=O)Nc3nc(-c4ccco4)cs3)nc2n1. The third kappa shape index (κ3) is 3.13. The largest absolute Gasteiger partial charge is 0.463 e. The number of amides is 1. The van der Waals surface area contributed by atoms with Gasteiger partial charge < -0.3 is 9.73 Å². The number of carbonyl (C=O) groups excluding carboxylic acids is 1. The summed E-state index contributed by atoms with van der Waals surface area (Å²) in [4.78, 5) is 25.2. The highest BCUT2D eigenvalue weighted by Crippen LogP contribution is 2.25. The van der Waals surface area contributed by atoms with Gasteiger partial charge in [-0.25, -0.2) is 14.5 Å². The zero-order valence-electron chi connectivity index (χ0n) is 13.6. The average Bonchev–Trinajstić information content (AvgIpc) is 3.26. The number of hydrogen-bond acceptors (Lipinski definition) is 7. The van der Waals surface area contributed by atoms with Gasteiger partial charge in [-0.1, -0.05) is 0 Å². The van der Waals surface area contributed by atoms with Crippen LogP contribution in [0.15, 0.2) is 34.3 Å². The van der Waals surface area contributed by atoms with E-state index in [9.17, 15) is 4.79 Å².